The van der Waals surface area contributed by atoms with Crippen LogP contribution in [0.4, 0.5) is 0 Å². The summed E-state index contributed by atoms with van der Waals surface area (Å²) in [5, 5.41) is 4.51. The maximum absolute atomic E-state index is 6.37. The average Bonchev–Trinajstić information content (AvgIpc) is 3.30. The predicted molar refractivity (Wildman–Crippen MR) is 131 cm³/mol. The van der Waals surface area contributed by atoms with Crippen molar-refractivity contribution < 1.29 is 14.2 Å². The summed E-state index contributed by atoms with van der Waals surface area (Å²) in [5.41, 5.74) is 4.71. The SMILES string of the molecule is Cc1ccc(-c2cc3c(c(OCC4CCCCO4)c2)OCCN(Cc2cn(C)nc2C)C3)s1. The van der Waals surface area contributed by atoms with Crippen LogP contribution in [0.1, 0.15) is 41.0 Å². The Hall–Kier alpha value is -2.35. The van der Waals surface area contributed by atoms with Gasteiger partial charge in [0.1, 0.15) is 13.2 Å². The van der Waals surface area contributed by atoms with Gasteiger partial charge in [0.25, 0.3) is 0 Å². The van der Waals surface area contributed by atoms with Crippen molar-refractivity contribution in [3.63, 3.8) is 0 Å². The van der Waals surface area contributed by atoms with Gasteiger partial charge in [-0.2, -0.15) is 5.10 Å². The molecule has 1 atom stereocenters. The summed E-state index contributed by atoms with van der Waals surface area (Å²) in [6.45, 7) is 8.81. The second-order valence-corrected chi connectivity index (χ2v) is 10.4. The molecule has 3 aromatic rings. The van der Waals surface area contributed by atoms with E-state index in [1.54, 1.807) is 0 Å². The van der Waals surface area contributed by atoms with Crippen LogP contribution in [0.25, 0.3) is 10.4 Å². The maximum Gasteiger partial charge on any atom is 0.165 e. The molecule has 0 aliphatic carbocycles. The molecule has 176 valence electrons. The minimum absolute atomic E-state index is 0.165. The predicted octanol–water partition coefficient (Wildman–Crippen LogP) is 5.11. The van der Waals surface area contributed by atoms with Crippen molar-refractivity contribution in [1.82, 2.24) is 14.7 Å². The van der Waals surface area contributed by atoms with Gasteiger partial charge in [-0.05, 0) is 62.9 Å². The second kappa shape index (κ2) is 9.87. The van der Waals surface area contributed by atoms with Crippen molar-refractivity contribution in [2.45, 2.75) is 52.3 Å². The fourth-order valence-corrected chi connectivity index (χ4v) is 5.53. The summed E-state index contributed by atoms with van der Waals surface area (Å²) in [6, 6.07) is 8.80. The lowest BCUT2D eigenvalue weighted by atomic mass is 10.1. The van der Waals surface area contributed by atoms with Crippen molar-refractivity contribution in [3.8, 4) is 21.9 Å². The third-order valence-corrected chi connectivity index (χ3v) is 7.46. The van der Waals surface area contributed by atoms with E-state index in [0.29, 0.717) is 13.2 Å². The van der Waals surface area contributed by atoms with E-state index in [1.807, 2.05) is 23.1 Å². The Morgan fingerprint density at radius 3 is 2.82 bits per heavy atom. The van der Waals surface area contributed by atoms with Crippen LogP contribution in [0.3, 0.4) is 0 Å². The van der Waals surface area contributed by atoms with Gasteiger partial charge in [-0.15, -0.1) is 11.3 Å². The first-order valence-corrected chi connectivity index (χ1v) is 12.7. The van der Waals surface area contributed by atoms with Gasteiger partial charge in [0, 0.05) is 60.4 Å². The first-order chi connectivity index (χ1) is 16.0. The van der Waals surface area contributed by atoms with E-state index in [1.165, 1.54) is 32.9 Å². The number of thiophene rings is 1. The molecule has 2 aliphatic heterocycles. The van der Waals surface area contributed by atoms with E-state index in [9.17, 15) is 0 Å². The monoisotopic (exact) mass is 467 g/mol. The summed E-state index contributed by atoms with van der Waals surface area (Å²) in [7, 11) is 1.98. The Kier molecular flexibility index (Phi) is 6.71. The molecule has 1 saturated heterocycles. The molecular weight excluding hydrogens is 434 g/mol. The third kappa shape index (κ3) is 5.26. The zero-order valence-electron chi connectivity index (χ0n) is 19.8. The van der Waals surface area contributed by atoms with E-state index >= 15 is 0 Å². The van der Waals surface area contributed by atoms with Crippen molar-refractivity contribution >= 4 is 11.3 Å². The van der Waals surface area contributed by atoms with Crippen molar-refractivity contribution in [2.75, 3.05) is 26.4 Å². The van der Waals surface area contributed by atoms with Gasteiger partial charge in [0.15, 0.2) is 11.5 Å². The Balaban J connectivity index is 1.43. The van der Waals surface area contributed by atoms with Crippen LogP contribution < -0.4 is 9.47 Å². The van der Waals surface area contributed by atoms with Gasteiger partial charge >= 0.3 is 0 Å². The number of ether oxygens (including phenoxy) is 3. The minimum atomic E-state index is 0.165. The molecule has 4 heterocycles. The molecule has 2 aromatic heterocycles. The largest absolute Gasteiger partial charge is 0.488 e. The highest BCUT2D eigenvalue weighted by Gasteiger charge is 2.23. The molecule has 2 aliphatic rings. The highest BCUT2D eigenvalue weighted by molar-refractivity contribution is 7.15. The van der Waals surface area contributed by atoms with E-state index in [2.05, 4.69) is 54.3 Å². The van der Waals surface area contributed by atoms with Gasteiger partial charge in [0.2, 0.25) is 0 Å². The van der Waals surface area contributed by atoms with E-state index in [-0.39, 0.29) is 6.10 Å². The molecule has 6 nitrogen and oxygen atoms in total. The number of nitrogens with zero attached hydrogens (tertiary/aromatic N) is 3. The number of hydrogen-bond acceptors (Lipinski definition) is 6. The number of benzene rings is 1. The van der Waals surface area contributed by atoms with Crippen LogP contribution in [0.2, 0.25) is 0 Å². The summed E-state index contributed by atoms with van der Waals surface area (Å²) >= 11 is 1.81. The number of hydrogen-bond donors (Lipinski definition) is 0. The lowest BCUT2D eigenvalue weighted by molar-refractivity contribution is -0.0115. The molecule has 0 bridgehead atoms. The van der Waals surface area contributed by atoms with Crippen LogP contribution in [0.5, 0.6) is 11.5 Å². The highest BCUT2D eigenvalue weighted by atomic mass is 32.1. The number of aryl methyl sites for hydroxylation is 3. The van der Waals surface area contributed by atoms with Gasteiger partial charge in [-0.3, -0.25) is 9.58 Å². The van der Waals surface area contributed by atoms with Gasteiger partial charge in [-0.25, -0.2) is 0 Å². The molecule has 1 aromatic carbocycles. The quantitative estimate of drug-likeness (QED) is 0.504. The smallest absolute Gasteiger partial charge is 0.165 e. The lowest BCUT2D eigenvalue weighted by Crippen LogP contribution is -2.26. The summed E-state index contributed by atoms with van der Waals surface area (Å²) in [5.74, 6) is 1.72. The normalized spacial score (nSPS) is 19.1. The second-order valence-electron chi connectivity index (χ2n) is 9.15. The molecular formula is C26H33N3O3S. The standard InChI is InChI=1S/C26H33N3O3S/c1-18-7-8-25(33-18)20-12-21-15-29(16-22-14-28(3)27-19(22)2)9-11-31-26(21)24(13-20)32-17-23-6-4-5-10-30-23/h7-8,12-14,23H,4-6,9-11,15-17H2,1-3H3. The molecule has 0 spiro atoms. The molecule has 1 unspecified atom stereocenters. The van der Waals surface area contributed by atoms with Crippen LogP contribution >= 0.6 is 11.3 Å². The first kappa shape index (κ1) is 22.4. The zero-order valence-corrected chi connectivity index (χ0v) is 20.6. The average molecular weight is 468 g/mol. The number of aromatic nitrogens is 2. The van der Waals surface area contributed by atoms with Gasteiger partial charge in [0.05, 0.1) is 11.8 Å². The minimum Gasteiger partial charge on any atom is -0.488 e. The van der Waals surface area contributed by atoms with E-state index < -0.39 is 0 Å². The van der Waals surface area contributed by atoms with E-state index in [4.69, 9.17) is 14.2 Å². The fraction of sp³-hybridized carbons (Fsp3) is 0.500. The summed E-state index contributed by atoms with van der Waals surface area (Å²) in [6.07, 6.45) is 5.70. The van der Waals surface area contributed by atoms with Crippen LogP contribution in [0.15, 0.2) is 30.5 Å². The Morgan fingerprint density at radius 2 is 2.09 bits per heavy atom. The van der Waals surface area contributed by atoms with Crippen LogP contribution in [0, 0.1) is 13.8 Å². The number of fused-ring (bicyclic) bond motifs is 1. The van der Waals surface area contributed by atoms with Crippen LogP contribution in [-0.2, 0) is 24.9 Å². The Bertz CT molecular complexity index is 1100. The van der Waals surface area contributed by atoms with E-state index in [0.717, 1.165) is 56.3 Å². The summed E-state index contributed by atoms with van der Waals surface area (Å²) in [4.78, 5) is 5.00. The molecule has 0 N–H and O–H groups in total. The molecule has 1 fully saturated rings. The fourth-order valence-electron chi connectivity index (χ4n) is 4.68. The van der Waals surface area contributed by atoms with Crippen molar-refractivity contribution in [3.05, 3.63) is 52.2 Å². The molecule has 5 rings (SSSR count). The third-order valence-electron chi connectivity index (χ3n) is 6.41. The molecule has 33 heavy (non-hydrogen) atoms. The van der Waals surface area contributed by atoms with Crippen molar-refractivity contribution in [1.29, 1.82) is 0 Å². The molecule has 7 heteroatoms. The molecule has 0 radical (unpaired) electrons. The zero-order chi connectivity index (χ0) is 22.8. The lowest BCUT2D eigenvalue weighted by Gasteiger charge is -2.24. The Morgan fingerprint density at radius 1 is 1.18 bits per heavy atom. The highest BCUT2D eigenvalue weighted by Crippen LogP contribution is 2.40. The topological polar surface area (TPSA) is 48.8 Å². The van der Waals surface area contributed by atoms with Crippen molar-refractivity contribution in [2.24, 2.45) is 7.05 Å². The number of rotatable bonds is 6. The van der Waals surface area contributed by atoms with Gasteiger partial charge in [-0.1, -0.05) is 0 Å². The van der Waals surface area contributed by atoms with Crippen LogP contribution in [-0.4, -0.2) is 47.1 Å². The van der Waals surface area contributed by atoms with Gasteiger partial charge < -0.3 is 14.2 Å². The summed E-state index contributed by atoms with van der Waals surface area (Å²) < 4.78 is 20.5. The molecule has 0 saturated carbocycles. The maximum atomic E-state index is 6.37. The Labute approximate surface area is 200 Å². The first-order valence-electron chi connectivity index (χ1n) is 11.9. The molecule has 0 amide bonds.